The standard InChI is InChI=1S/C18H24N4O2/c1-18(7-9-19-10-8-18)12-20-16(23)11-15-13-5-3-4-6-14(13)17(24)22(2)21-15/h3-6,19H,7-12H2,1-2H3,(H,20,23). The summed E-state index contributed by atoms with van der Waals surface area (Å²) in [7, 11) is 1.62. The second-order valence-electron chi connectivity index (χ2n) is 6.94. The largest absolute Gasteiger partial charge is 0.355 e. The molecular weight excluding hydrogens is 304 g/mol. The molecule has 24 heavy (non-hydrogen) atoms. The Hall–Kier alpha value is -2.21. The van der Waals surface area contributed by atoms with E-state index < -0.39 is 0 Å². The molecule has 0 spiro atoms. The van der Waals surface area contributed by atoms with Crippen molar-refractivity contribution >= 4 is 16.7 Å². The molecule has 2 aromatic rings. The molecule has 1 aromatic carbocycles. The van der Waals surface area contributed by atoms with E-state index in [4.69, 9.17) is 0 Å². The molecule has 0 radical (unpaired) electrons. The Labute approximate surface area is 141 Å². The molecule has 128 valence electrons. The topological polar surface area (TPSA) is 76.0 Å². The minimum absolute atomic E-state index is 0.0499. The summed E-state index contributed by atoms with van der Waals surface area (Å²) in [5.74, 6) is -0.0499. The first kappa shape index (κ1) is 16.6. The highest BCUT2D eigenvalue weighted by atomic mass is 16.1. The summed E-state index contributed by atoms with van der Waals surface area (Å²) < 4.78 is 1.30. The van der Waals surface area contributed by atoms with Crippen LogP contribution in [-0.2, 0) is 18.3 Å². The Morgan fingerprint density at radius 1 is 1.29 bits per heavy atom. The van der Waals surface area contributed by atoms with E-state index in [2.05, 4.69) is 22.7 Å². The van der Waals surface area contributed by atoms with E-state index in [0.717, 1.165) is 31.3 Å². The van der Waals surface area contributed by atoms with Gasteiger partial charge in [0, 0.05) is 19.0 Å². The molecule has 1 aliphatic rings. The number of benzene rings is 1. The van der Waals surface area contributed by atoms with Gasteiger partial charge in [-0.15, -0.1) is 0 Å². The number of piperidine rings is 1. The molecule has 0 saturated carbocycles. The number of hydrogen-bond acceptors (Lipinski definition) is 4. The monoisotopic (exact) mass is 328 g/mol. The third-order valence-electron chi connectivity index (χ3n) is 4.88. The smallest absolute Gasteiger partial charge is 0.274 e. The normalized spacial score (nSPS) is 16.9. The van der Waals surface area contributed by atoms with E-state index >= 15 is 0 Å². The number of fused-ring (bicyclic) bond motifs is 1. The van der Waals surface area contributed by atoms with Crippen molar-refractivity contribution in [2.45, 2.75) is 26.2 Å². The Bertz CT molecular complexity index is 806. The number of rotatable bonds is 4. The van der Waals surface area contributed by atoms with Crippen molar-refractivity contribution in [3.63, 3.8) is 0 Å². The fourth-order valence-electron chi connectivity index (χ4n) is 3.24. The van der Waals surface area contributed by atoms with Crippen LogP contribution >= 0.6 is 0 Å². The van der Waals surface area contributed by atoms with Gasteiger partial charge in [-0.3, -0.25) is 9.59 Å². The summed E-state index contributed by atoms with van der Waals surface area (Å²) in [5, 5.41) is 12.0. The molecule has 6 nitrogen and oxygen atoms in total. The SMILES string of the molecule is Cn1nc(CC(=O)NCC2(C)CCNCC2)c2ccccc2c1=O. The minimum atomic E-state index is -0.142. The van der Waals surface area contributed by atoms with E-state index in [1.165, 1.54) is 4.68 Å². The van der Waals surface area contributed by atoms with E-state index in [0.29, 0.717) is 17.6 Å². The maximum atomic E-state index is 12.4. The number of aryl methyl sites for hydroxylation is 1. The Kier molecular flexibility index (Phi) is 4.66. The maximum Gasteiger partial charge on any atom is 0.274 e. The third kappa shape index (κ3) is 3.48. The maximum absolute atomic E-state index is 12.4. The van der Waals surface area contributed by atoms with Crippen molar-refractivity contribution in [3.8, 4) is 0 Å². The highest BCUT2D eigenvalue weighted by molar-refractivity contribution is 5.88. The van der Waals surface area contributed by atoms with Gasteiger partial charge in [-0.2, -0.15) is 5.10 Å². The van der Waals surface area contributed by atoms with Crippen molar-refractivity contribution in [1.29, 1.82) is 0 Å². The van der Waals surface area contributed by atoms with Crippen LogP contribution in [0.4, 0.5) is 0 Å². The van der Waals surface area contributed by atoms with Crippen molar-refractivity contribution in [2.24, 2.45) is 12.5 Å². The fraction of sp³-hybridized carbons (Fsp3) is 0.500. The van der Waals surface area contributed by atoms with E-state index in [-0.39, 0.29) is 23.3 Å². The Morgan fingerprint density at radius 2 is 1.96 bits per heavy atom. The molecule has 0 atom stereocenters. The van der Waals surface area contributed by atoms with Gasteiger partial charge in [0.25, 0.3) is 5.56 Å². The lowest BCUT2D eigenvalue weighted by Crippen LogP contribution is -2.43. The average molecular weight is 328 g/mol. The van der Waals surface area contributed by atoms with E-state index in [9.17, 15) is 9.59 Å². The summed E-state index contributed by atoms with van der Waals surface area (Å²) >= 11 is 0. The lowest BCUT2D eigenvalue weighted by atomic mass is 9.81. The zero-order valence-electron chi connectivity index (χ0n) is 14.3. The molecule has 1 fully saturated rings. The van der Waals surface area contributed by atoms with Crippen molar-refractivity contribution in [3.05, 3.63) is 40.3 Å². The number of carbonyl (C=O) groups is 1. The molecule has 1 aromatic heterocycles. The predicted octanol–water partition coefficient (Wildman–Crippen LogP) is 0.982. The van der Waals surface area contributed by atoms with Crippen LogP contribution in [0.2, 0.25) is 0 Å². The van der Waals surface area contributed by atoms with Gasteiger partial charge < -0.3 is 10.6 Å². The van der Waals surface area contributed by atoms with Gasteiger partial charge in [-0.05, 0) is 37.4 Å². The van der Waals surface area contributed by atoms with Gasteiger partial charge in [-0.1, -0.05) is 25.1 Å². The quantitative estimate of drug-likeness (QED) is 0.877. The highest BCUT2D eigenvalue weighted by Gasteiger charge is 2.27. The van der Waals surface area contributed by atoms with Crippen molar-refractivity contribution in [1.82, 2.24) is 20.4 Å². The lowest BCUT2D eigenvalue weighted by Gasteiger charge is -2.34. The van der Waals surface area contributed by atoms with Crippen molar-refractivity contribution in [2.75, 3.05) is 19.6 Å². The zero-order valence-corrected chi connectivity index (χ0v) is 14.3. The van der Waals surface area contributed by atoms with Gasteiger partial charge in [0.1, 0.15) is 0 Å². The second-order valence-corrected chi connectivity index (χ2v) is 6.94. The number of nitrogens with zero attached hydrogens (tertiary/aromatic N) is 2. The summed E-state index contributed by atoms with van der Waals surface area (Å²) in [5.41, 5.74) is 0.651. The Balaban J connectivity index is 1.74. The van der Waals surface area contributed by atoms with Crippen LogP contribution in [0, 0.1) is 5.41 Å². The molecule has 0 aliphatic carbocycles. The zero-order chi connectivity index (χ0) is 17.2. The second kappa shape index (κ2) is 6.73. The van der Waals surface area contributed by atoms with Gasteiger partial charge >= 0.3 is 0 Å². The number of hydrogen-bond donors (Lipinski definition) is 2. The van der Waals surface area contributed by atoms with Crippen LogP contribution in [0.1, 0.15) is 25.5 Å². The van der Waals surface area contributed by atoms with Crippen LogP contribution in [0.5, 0.6) is 0 Å². The number of aromatic nitrogens is 2. The van der Waals surface area contributed by atoms with E-state index in [1.54, 1.807) is 13.1 Å². The lowest BCUT2D eigenvalue weighted by molar-refractivity contribution is -0.121. The van der Waals surface area contributed by atoms with Crippen LogP contribution in [0.3, 0.4) is 0 Å². The molecule has 2 N–H and O–H groups in total. The van der Waals surface area contributed by atoms with Gasteiger partial charge in [0.15, 0.2) is 0 Å². The molecule has 3 rings (SSSR count). The molecule has 1 aliphatic heterocycles. The molecule has 2 heterocycles. The predicted molar refractivity (Wildman–Crippen MR) is 93.9 cm³/mol. The molecular formula is C18H24N4O2. The average Bonchev–Trinajstić information content (AvgIpc) is 2.58. The summed E-state index contributed by atoms with van der Waals surface area (Å²) in [6.07, 6.45) is 2.31. The number of amides is 1. The molecule has 6 heteroatoms. The first-order valence-corrected chi connectivity index (χ1v) is 8.41. The summed E-state index contributed by atoms with van der Waals surface area (Å²) in [6, 6.07) is 7.31. The molecule has 0 bridgehead atoms. The Morgan fingerprint density at radius 3 is 2.67 bits per heavy atom. The van der Waals surface area contributed by atoms with Crippen LogP contribution in [0.25, 0.3) is 10.8 Å². The summed E-state index contributed by atoms with van der Waals surface area (Å²) in [4.78, 5) is 24.5. The van der Waals surface area contributed by atoms with Crippen LogP contribution in [0.15, 0.2) is 29.1 Å². The fourth-order valence-corrected chi connectivity index (χ4v) is 3.24. The first-order chi connectivity index (χ1) is 11.5. The van der Waals surface area contributed by atoms with Crippen molar-refractivity contribution < 1.29 is 4.79 Å². The molecule has 0 unspecified atom stereocenters. The highest BCUT2D eigenvalue weighted by Crippen LogP contribution is 2.26. The molecule has 1 amide bonds. The third-order valence-corrected chi connectivity index (χ3v) is 4.88. The van der Waals surface area contributed by atoms with Gasteiger partial charge in [0.05, 0.1) is 17.5 Å². The minimum Gasteiger partial charge on any atom is -0.355 e. The van der Waals surface area contributed by atoms with E-state index in [1.807, 2.05) is 18.2 Å². The molecule has 1 saturated heterocycles. The van der Waals surface area contributed by atoms with Crippen LogP contribution in [-0.4, -0.2) is 35.3 Å². The number of nitrogens with one attached hydrogen (secondary N) is 2. The number of carbonyl (C=O) groups excluding carboxylic acids is 1. The van der Waals surface area contributed by atoms with Gasteiger partial charge in [-0.25, -0.2) is 4.68 Å². The van der Waals surface area contributed by atoms with Crippen LogP contribution < -0.4 is 16.2 Å². The van der Waals surface area contributed by atoms with Gasteiger partial charge in [0.2, 0.25) is 5.91 Å². The summed E-state index contributed by atoms with van der Waals surface area (Å²) in [6.45, 7) is 4.89. The first-order valence-electron chi connectivity index (χ1n) is 8.41.